The summed E-state index contributed by atoms with van der Waals surface area (Å²) in [6.07, 6.45) is 3.76. The largest absolute Gasteiger partial charge is 0.270 e. The standard InChI is InChI=1S/C12H16N2O4S/c1-13(10-5-2-3-6-10)19(17,18)12-8-4-7-11(9-12)14(15)16/h4,7-10H,2-3,5-6H2,1H3. The van der Waals surface area contributed by atoms with Gasteiger partial charge in [-0.05, 0) is 18.9 Å². The lowest BCUT2D eigenvalue weighted by atomic mass is 10.3. The minimum Gasteiger partial charge on any atom is -0.258 e. The molecule has 19 heavy (non-hydrogen) atoms. The summed E-state index contributed by atoms with van der Waals surface area (Å²) in [7, 11) is -2.10. The molecule has 1 fully saturated rings. The van der Waals surface area contributed by atoms with Crippen LogP contribution in [-0.2, 0) is 10.0 Å². The van der Waals surface area contributed by atoms with Gasteiger partial charge >= 0.3 is 0 Å². The van der Waals surface area contributed by atoms with Crippen LogP contribution < -0.4 is 0 Å². The molecule has 1 saturated carbocycles. The van der Waals surface area contributed by atoms with E-state index in [1.54, 1.807) is 7.05 Å². The maximum atomic E-state index is 12.4. The van der Waals surface area contributed by atoms with Gasteiger partial charge < -0.3 is 0 Å². The topological polar surface area (TPSA) is 80.5 Å². The van der Waals surface area contributed by atoms with E-state index in [9.17, 15) is 18.5 Å². The fraction of sp³-hybridized carbons (Fsp3) is 0.500. The minimum atomic E-state index is -3.65. The van der Waals surface area contributed by atoms with Crippen molar-refractivity contribution in [2.75, 3.05) is 7.05 Å². The second kappa shape index (κ2) is 5.26. The Morgan fingerprint density at radius 1 is 1.32 bits per heavy atom. The lowest BCUT2D eigenvalue weighted by molar-refractivity contribution is -0.385. The van der Waals surface area contributed by atoms with Crippen molar-refractivity contribution in [1.82, 2.24) is 4.31 Å². The normalized spacial score (nSPS) is 16.9. The van der Waals surface area contributed by atoms with Gasteiger partial charge in [0, 0.05) is 25.2 Å². The smallest absolute Gasteiger partial charge is 0.258 e. The summed E-state index contributed by atoms with van der Waals surface area (Å²) in [5.41, 5.74) is -0.208. The molecule has 2 rings (SSSR count). The molecular weight excluding hydrogens is 268 g/mol. The number of nitro groups is 1. The SMILES string of the molecule is CN(C1CCCC1)S(=O)(=O)c1cccc([N+](=O)[O-])c1. The van der Waals surface area contributed by atoms with Crippen LogP contribution in [0.15, 0.2) is 29.2 Å². The van der Waals surface area contributed by atoms with Crippen LogP contribution in [0.4, 0.5) is 5.69 Å². The molecule has 0 aromatic heterocycles. The van der Waals surface area contributed by atoms with E-state index in [2.05, 4.69) is 0 Å². The van der Waals surface area contributed by atoms with Gasteiger partial charge in [0.2, 0.25) is 10.0 Å². The molecule has 0 saturated heterocycles. The summed E-state index contributed by atoms with van der Waals surface area (Å²) in [4.78, 5) is 10.1. The quantitative estimate of drug-likeness (QED) is 0.626. The van der Waals surface area contributed by atoms with E-state index < -0.39 is 14.9 Å². The fourth-order valence-electron chi connectivity index (χ4n) is 2.39. The van der Waals surface area contributed by atoms with Gasteiger partial charge in [-0.2, -0.15) is 4.31 Å². The Kier molecular flexibility index (Phi) is 3.86. The van der Waals surface area contributed by atoms with Crippen molar-refractivity contribution in [3.8, 4) is 0 Å². The highest BCUT2D eigenvalue weighted by Gasteiger charge is 2.30. The highest BCUT2D eigenvalue weighted by Crippen LogP contribution is 2.28. The summed E-state index contributed by atoms with van der Waals surface area (Å²) in [6.45, 7) is 0. The summed E-state index contributed by atoms with van der Waals surface area (Å²) in [6, 6.07) is 5.20. The highest BCUT2D eigenvalue weighted by atomic mass is 32.2. The van der Waals surface area contributed by atoms with Gasteiger partial charge in [0.15, 0.2) is 0 Å². The fourth-order valence-corrected chi connectivity index (χ4v) is 3.84. The first-order valence-corrected chi connectivity index (χ1v) is 7.59. The molecule has 0 unspecified atom stereocenters. The van der Waals surface area contributed by atoms with Gasteiger partial charge in [-0.1, -0.05) is 18.9 Å². The van der Waals surface area contributed by atoms with Crippen molar-refractivity contribution in [2.45, 2.75) is 36.6 Å². The third-order valence-corrected chi connectivity index (χ3v) is 5.45. The van der Waals surface area contributed by atoms with Crippen molar-refractivity contribution in [3.05, 3.63) is 34.4 Å². The third kappa shape index (κ3) is 2.76. The van der Waals surface area contributed by atoms with Crippen molar-refractivity contribution >= 4 is 15.7 Å². The van der Waals surface area contributed by atoms with Crippen molar-refractivity contribution in [3.63, 3.8) is 0 Å². The average Bonchev–Trinajstić information content (AvgIpc) is 2.91. The number of non-ortho nitro benzene ring substituents is 1. The molecule has 1 aromatic carbocycles. The molecule has 1 aliphatic carbocycles. The first-order valence-electron chi connectivity index (χ1n) is 6.15. The van der Waals surface area contributed by atoms with E-state index in [1.165, 1.54) is 22.5 Å². The summed E-state index contributed by atoms with van der Waals surface area (Å²) in [5.74, 6) is 0. The Bertz CT molecular complexity index is 579. The Labute approximate surface area is 112 Å². The summed E-state index contributed by atoms with van der Waals surface area (Å²) in [5, 5.41) is 10.7. The lowest BCUT2D eigenvalue weighted by Gasteiger charge is -2.23. The van der Waals surface area contributed by atoms with Crippen LogP contribution in [0.3, 0.4) is 0 Å². The summed E-state index contributed by atoms with van der Waals surface area (Å²) < 4.78 is 26.1. The summed E-state index contributed by atoms with van der Waals surface area (Å²) >= 11 is 0. The molecule has 0 spiro atoms. The molecule has 104 valence electrons. The van der Waals surface area contributed by atoms with Gasteiger partial charge in [-0.15, -0.1) is 0 Å². The zero-order valence-electron chi connectivity index (χ0n) is 10.7. The van der Waals surface area contributed by atoms with Gasteiger partial charge in [0.1, 0.15) is 0 Å². The van der Waals surface area contributed by atoms with Crippen LogP contribution in [0.2, 0.25) is 0 Å². The van der Waals surface area contributed by atoms with Gasteiger partial charge in [0.05, 0.1) is 9.82 Å². The Morgan fingerprint density at radius 3 is 2.53 bits per heavy atom. The van der Waals surface area contributed by atoms with E-state index in [0.29, 0.717) is 0 Å². The highest BCUT2D eigenvalue weighted by molar-refractivity contribution is 7.89. The van der Waals surface area contributed by atoms with Gasteiger partial charge in [-0.3, -0.25) is 10.1 Å². The van der Waals surface area contributed by atoms with Crippen LogP contribution in [0, 0.1) is 10.1 Å². The number of benzene rings is 1. The molecule has 1 aliphatic rings. The average molecular weight is 284 g/mol. The third-order valence-electron chi connectivity index (χ3n) is 3.54. The molecule has 0 bridgehead atoms. The number of hydrogen-bond donors (Lipinski definition) is 0. The van der Waals surface area contributed by atoms with Crippen molar-refractivity contribution in [2.24, 2.45) is 0 Å². The number of hydrogen-bond acceptors (Lipinski definition) is 4. The lowest BCUT2D eigenvalue weighted by Crippen LogP contribution is -2.35. The van der Waals surface area contributed by atoms with E-state index >= 15 is 0 Å². The van der Waals surface area contributed by atoms with E-state index in [4.69, 9.17) is 0 Å². The maximum absolute atomic E-state index is 12.4. The first kappa shape index (κ1) is 14.0. The minimum absolute atomic E-state index is 0.00395. The number of nitrogens with zero attached hydrogens (tertiary/aromatic N) is 2. The van der Waals surface area contributed by atoms with E-state index in [-0.39, 0.29) is 16.6 Å². The molecule has 0 N–H and O–H groups in total. The van der Waals surface area contributed by atoms with Gasteiger partial charge in [0.25, 0.3) is 5.69 Å². The number of sulfonamides is 1. The molecule has 0 heterocycles. The number of nitro benzene ring substituents is 1. The predicted octanol–water partition coefficient (Wildman–Crippen LogP) is 2.16. The van der Waals surface area contributed by atoms with Crippen LogP contribution in [0.5, 0.6) is 0 Å². The second-order valence-electron chi connectivity index (χ2n) is 4.71. The monoisotopic (exact) mass is 284 g/mol. The van der Waals surface area contributed by atoms with Crippen LogP contribution >= 0.6 is 0 Å². The zero-order chi connectivity index (χ0) is 14.0. The molecule has 1 aromatic rings. The van der Waals surface area contributed by atoms with E-state index in [0.717, 1.165) is 31.7 Å². The number of rotatable bonds is 4. The predicted molar refractivity (Wildman–Crippen MR) is 70.3 cm³/mol. The first-order chi connectivity index (χ1) is 8.93. The zero-order valence-corrected chi connectivity index (χ0v) is 11.5. The van der Waals surface area contributed by atoms with Crippen molar-refractivity contribution in [1.29, 1.82) is 0 Å². The Morgan fingerprint density at radius 2 is 1.95 bits per heavy atom. The maximum Gasteiger partial charge on any atom is 0.270 e. The van der Waals surface area contributed by atoms with Crippen LogP contribution in [-0.4, -0.2) is 30.7 Å². The van der Waals surface area contributed by atoms with Crippen molar-refractivity contribution < 1.29 is 13.3 Å². The van der Waals surface area contributed by atoms with Gasteiger partial charge in [-0.25, -0.2) is 8.42 Å². The molecule has 6 nitrogen and oxygen atoms in total. The van der Waals surface area contributed by atoms with E-state index in [1.807, 2.05) is 0 Å². The molecule has 0 aliphatic heterocycles. The van der Waals surface area contributed by atoms with Crippen LogP contribution in [0.1, 0.15) is 25.7 Å². The second-order valence-corrected chi connectivity index (χ2v) is 6.71. The molecule has 0 atom stereocenters. The Hall–Kier alpha value is -1.47. The Balaban J connectivity index is 2.33. The molecule has 0 radical (unpaired) electrons. The molecular formula is C12H16N2O4S. The molecule has 7 heteroatoms. The molecule has 0 amide bonds. The van der Waals surface area contributed by atoms with Crippen LogP contribution in [0.25, 0.3) is 0 Å².